The second-order valence-electron chi connectivity index (χ2n) is 3.24. The molecule has 2 rings (SSSR count). The zero-order valence-electron chi connectivity index (χ0n) is 8.56. The minimum Gasteiger partial charge on any atom is -0.504 e. The van der Waals surface area contributed by atoms with Gasteiger partial charge in [-0.15, -0.1) is 0 Å². The van der Waals surface area contributed by atoms with Crippen molar-refractivity contribution in [3.8, 4) is 11.5 Å². The lowest BCUT2D eigenvalue weighted by Crippen LogP contribution is -2.01. The highest BCUT2D eigenvalue weighted by Gasteiger charge is 2.13. The molecule has 0 saturated carbocycles. The van der Waals surface area contributed by atoms with Crippen molar-refractivity contribution in [1.82, 2.24) is 0 Å². The van der Waals surface area contributed by atoms with E-state index in [0.717, 1.165) is 0 Å². The Kier molecular flexibility index (Phi) is 2.54. The van der Waals surface area contributed by atoms with Crippen LogP contribution in [0, 0.1) is 0 Å². The SMILES string of the molecule is COc1c(O)ccc2c(CO)cc(=O)oc12. The number of phenolic OH excluding ortho intramolecular Hbond substituents is 1. The zero-order valence-corrected chi connectivity index (χ0v) is 8.56. The maximum atomic E-state index is 11.2. The van der Waals surface area contributed by atoms with Gasteiger partial charge in [0.05, 0.1) is 13.7 Å². The van der Waals surface area contributed by atoms with Crippen LogP contribution in [0.3, 0.4) is 0 Å². The second kappa shape index (κ2) is 3.86. The van der Waals surface area contributed by atoms with E-state index < -0.39 is 5.63 Å². The molecule has 0 atom stereocenters. The van der Waals surface area contributed by atoms with Crippen LogP contribution in [0.1, 0.15) is 5.56 Å². The van der Waals surface area contributed by atoms with E-state index >= 15 is 0 Å². The Labute approximate surface area is 90.5 Å². The Hall–Kier alpha value is -2.01. The molecule has 1 aromatic heterocycles. The number of rotatable bonds is 2. The first-order valence-electron chi connectivity index (χ1n) is 4.61. The number of hydrogen-bond acceptors (Lipinski definition) is 5. The molecule has 1 aromatic carbocycles. The molecule has 0 bridgehead atoms. The first-order valence-corrected chi connectivity index (χ1v) is 4.61. The molecule has 0 fully saturated rings. The van der Waals surface area contributed by atoms with Gasteiger partial charge in [-0.3, -0.25) is 0 Å². The van der Waals surface area contributed by atoms with E-state index in [1.54, 1.807) is 6.07 Å². The normalized spacial score (nSPS) is 10.6. The van der Waals surface area contributed by atoms with Gasteiger partial charge < -0.3 is 19.4 Å². The van der Waals surface area contributed by atoms with Crippen molar-refractivity contribution < 1.29 is 19.4 Å². The van der Waals surface area contributed by atoms with Crippen LogP contribution in [0.5, 0.6) is 11.5 Å². The first kappa shape index (κ1) is 10.5. The van der Waals surface area contributed by atoms with Crippen LogP contribution in [0.4, 0.5) is 0 Å². The summed E-state index contributed by atoms with van der Waals surface area (Å²) in [5.41, 5.74) is -0.0240. The van der Waals surface area contributed by atoms with E-state index in [2.05, 4.69) is 0 Å². The first-order chi connectivity index (χ1) is 7.67. The van der Waals surface area contributed by atoms with Gasteiger partial charge in [0.1, 0.15) is 0 Å². The quantitative estimate of drug-likeness (QED) is 0.741. The second-order valence-corrected chi connectivity index (χ2v) is 3.24. The topological polar surface area (TPSA) is 79.9 Å². The molecule has 0 aliphatic heterocycles. The number of aromatic hydroxyl groups is 1. The van der Waals surface area contributed by atoms with Crippen molar-refractivity contribution in [2.45, 2.75) is 6.61 Å². The molecular formula is C11H10O5. The predicted molar refractivity (Wildman–Crippen MR) is 56.6 cm³/mol. The number of aliphatic hydroxyl groups excluding tert-OH is 1. The highest BCUT2D eigenvalue weighted by molar-refractivity contribution is 5.87. The summed E-state index contributed by atoms with van der Waals surface area (Å²) in [6, 6.07) is 4.18. The molecular weight excluding hydrogens is 212 g/mol. The molecule has 2 aromatic rings. The third-order valence-electron chi connectivity index (χ3n) is 2.31. The highest BCUT2D eigenvalue weighted by atomic mass is 16.5. The van der Waals surface area contributed by atoms with Crippen LogP contribution in [-0.4, -0.2) is 17.3 Å². The van der Waals surface area contributed by atoms with Gasteiger partial charge in [-0.05, 0) is 17.7 Å². The van der Waals surface area contributed by atoms with E-state index in [-0.39, 0.29) is 23.7 Å². The molecule has 16 heavy (non-hydrogen) atoms. The molecule has 1 heterocycles. The number of ether oxygens (including phenoxy) is 1. The largest absolute Gasteiger partial charge is 0.504 e. The molecule has 0 aliphatic carbocycles. The number of fused-ring (bicyclic) bond motifs is 1. The van der Waals surface area contributed by atoms with Crippen LogP contribution in [0.15, 0.2) is 27.4 Å². The number of benzene rings is 1. The van der Waals surface area contributed by atoms with Crippen molar-refractivity contribution in [1.29, 1.82) is 0 Å². The number of methoxy groups -OCH3 is 1. The zero-order chi connectivity index (χ0) is 11.7. The van der Waals surface area contributed by atoms with Gasteiger partial charge in [-0.2, -0.15) is 0 Å². The Morgan fingerprint density at radius 1 is 1.44 bits per heavy atom. The molecule has 0 spiro atoms. The van der Waals surface area contributed by atoms with Gasteiger partial charge in [0, 0.05) is 11.5 Å². The number of aliphatic hydroxyl groups is 1. The van der Waals surface area contributed by atoms with E-state index in [4.69, 9.17) is 14.3 Å². The van der Waals surface area contributed by atoms with E-state index in [0.29, 0.717) is 10.9 Å². The van der Waals surface area contributed by atoms with Gasteiger partial charge >= 0.3 is 5.63 Å². The summed E-state index contributed by atoms with van der Waals surface area (Å²) in [6.45, 7) is -0.282. The fourth-order valence-electron chi connectivity index (χ4n) is 1.58. The van der Waals surface area contributed by atoms with Crippen LogP contribution in [0.2, 0.25) is 0 Å². The van der Waals surface area contributed by atoms with E-state index in [1.165, 1.54) is 19.2 Å². The van der Waals surface area contributed by atoms with Gasteiger partial charge in [0.2, 0.25) is 5.75 Å². The summed E-state index contributed by atoms with van der Waals surface area (Å²) >= 11 is 0. The third kappa shape index (κ3) is 1.51. The molecule has 0 saturated heterocycles. The van der Waals surface area contributed by atoms with Crippen molar-refractivity contribution in [2.75, 3.05) is 7.11 Å². The molecule has 0 unspecified atom stereocenters. The summed E-state index contributed by atoms with van der Waals surface area (Å²) in [4.78, 5) is 11.2. The maximum Gasteiger partial charge on any atom is 0.336 e. The summed E-state index contributed by atoms with van der Waals surface area (Å²) in [7, 11) is 1.36. The third-order valence-corrected chi connectivity index (χ3v) is 2.31. The lowest BCUT2D eigenvalue weighted by Gasteiger charge is -2.07. The molecule has 2 N–H and O–H groups in total. The minimum atomic E-state index is -0.597. The number of hydrogen-bond donors (Lipinski definition) is 2. The fraction of sp³-hybridized carbons (Fsp3) is 0.182. The average molecular weight is 222 g/mol. The molecule has 0 radical (unpaired) electrons. The Morgan fingerprint density at radius 3 is 2.81 bits per heavy atom. The summed E-state index contributed by atoms with van der Waals surface area (Å²) in [6.07, 6.45) is 0. The van der Waals surface area contributed by atoms with Crippen molar-refractivity contribution in [3.63, 3.8) is 0 Å². The fourth-order valence-corrected chi connectivity index (χ4v) is 1.58. The highest BCUT2D eigenvalue weighted by Crippen LogP contribution is 2.34. The van der Waals surface area contributed by atoms with Gasteiger partial charge in [-0.1, -0.05) is 0 Å². The van der Waals surface area contributed by atoms with Crippen LogP contribution < -0.4 is 10.4 Å². The van der Waals surface area contributed by atoms with Crippen LogP contribution in [0.25, 0.3) is 11.0 Å². The van der Waals surface area contributed by atoms with Crippen molar-refractivity contribution >= 4 is 11.0 Å². The summed E-state index contributed by atoms with van der Waals surface area (Å²) in [5.74, 6) is -0.0295. The Bertz CT molecular complexity index is 585. The summed E-state index contributed by atoms with van der Waals surface area (Å²) in [5, 5.41) is 19.2. The predicted octanol–water partition coefficient (Wildman–Crippen LogP) is 0.999. The van der Waals surface area contributed by atoms with Crippen molar-refractivity contribution in [2.24, 2.45) is 0 Å². The van der Waals surface area contributed by atoms with Crippen LogP contribution in [-0.2, 0) is 6.61 Å². The Balaban J connectivity index is 2.93. The number of phenols is 1. The minimum absolute atomic E-state index is 0.0879. The van der Waals surface area contributed by atoms with Crippen molar-refractivity contribution in [3.05, 3.63) is 34.2 Å². The molecule has 0 aliphatic rings. The van der Waals surface area contributed by atoms with Gasteiger partial charge in [0.15, 0.2) is 11.3 Å². The molecule has 84 valence electrons. The standard InChI is InChI=1S/C11H10O5/c1-15-11-8(13)3-2-7-6(5-12)4-9(14)16-10(7)11/h2-4,12-13H,5H2,1H3. The van der Waals surface area contributed by atoms with Crippen LogP contribution >= 0.6 is 0 Å². The monoisotopic (exact) mass is 222 g/mol. The Morgan fingerprint density at radius 2 is 2.19 bits per heavy atom. The molecule has 5 nitrogen and oxygen atoms in total. The lowest BCUT2D eigenvalue weighted by atomic mass is 10.1. The molecule has 0 amide bonds. The smallest absolute Gasteiger partial charge is 0.336 e. The van der Waals surface area contributed by atoms with E-state index in [1.807, 2.05) is 0 Å². The van der Waals surface area contributed by atoms with Gasteiger partial charge in [-0.25, -0.2) is 4.79 Å². The summed E-state index contributed by atoms with van der Waals surface area (Å²) < 4.78 is 9.90. The van der Waals surface area contributed by atoms with Gasteiger partial charge in [0.25, 0.3) is 0 Å². The van der Waals surface area contributed by atoms with E-state index in [9.17, 15) is 9.90 Å². The average Bonchev–Trinajstić information content (AvgIpc) is 2.27. The maximum absolute atomic E-state index is 11.2. The lowest BCUT2D eigenvalue weighted by molar-refractivity contribution is 0.282. The molecule has 5 heteroatoms.